The predicted molar refractivity (Wildman–Crippen MR) is 61.8 cm³/mol. The van der Waals surface area contributed by atoms with E-state index in [1.54, 1.807) is 0 Å². The van der Waals surface area contributed by atoms with Crippen LogP contribution in [0.1, 0.15) is 12.0 Å². The molecule has 17 heavy (non-hydrogen) atoms. The van der Waals surface area contributed by atoms with Crippen molar-refractivity contribution >= 4 is 11.7 Å². The highest BCUT2D eigenvalue weighted by atomic mass is 19.1. The van der Waals surface area contributed by atoms with Gasteiger partial charge in [0.05, 0.1) is 0 Å². The Morgan fingerprint density at radius 3 is 2.65 bits per heavy atom. The molecule has 0 radical (unpaired) electrons. The third kappa shape index (κ3) is 5.10. The van der Waals surface area contributed by atoms with Gasteiger partial charge in [0, 0.05) is 0 Å². The highest BCUT2D eigenvalue weighted by Gasteiger charge is 2.08. The number of nitrogens with zero attached hydrogens (tertiary/aromatic N) is 1. The Bertz CT molecular complexity index is 379. The van der Waals surface area contributed by atoms with Gasteiger partial charge in [0.1, 0.15) is 13.3 Å². The summed E-state index contributed by atoms with van der Waals surface area (Å²) in [5, 5.41) is 11.7. The molecule has 0 heterocycles. The summed E-state index contributed by atoms with van der Waals surface area (Å²) in [7, 11) is 0. The van der Waals surface area contributed by atoms with Crippen LogP contribution in [0.15, 0.2) is 35.5 Å². The summed E-state index contributed by atoms with van der Waals surface area (Å²) in [6, 6.07) is 9.81. The van der Waals surface area contributed by atoms with Crippen LogP contribution in [0.3, 0.4) is 0 Å². The number of rotatable bonds is 7. The highest BCUT2D eigenvalue weighted by molar-refractivity contribution is 6.36. The summed E-state index contributed by atoms with van der Waals surface area (Å²) < 4.78 is 12.1. The third-order valence-corrected chi connectivity index (χ3v) is 2.09. The zero-order valence-electron chi connectivity index (χ0n) is 9.30. The number of halogens is 1. The molecule has 0 fully saturated rings. The van der Waals surface area contributed by atoms with E-state index < -0.39 is 18.4 Å². The Morgan fingerprint density at radius 2 is 2.06 bits per heavy atom. The number of aliphatic carboxylic acids is 1. The topological polar surface area (TPSA) is 58.9 Å². The van der Waals surface area contributed by atoms with Crippen molar-refractivity contribution in [1.82, 2.24) is 0 Å². The van der Waals surface area contributed by atoms with Gasteiger partial charge in [0.2, 0.25) is 0 Å². The molecular formula is C12H14FNO3. The van der Waals surface area contributed by atoms with Crippen LogP contribution >= 0.6 is 0 Å². The van der Waals surface area contributed by atoms with Crippen LogP contribution in [0.4, 0.5) is 4.39 Å². The minimum Gasteiger partial charge on any atom is -0.477 e. The molecule has 0 saturated heterocycles. The molecule has 0 saturated carbocycles. The maximum absolute atomic E-state index is 12.1. The van der Waals surface area contributed by atoms with Crippen LogP contribution in [0, 0.1) is 0 Å². The molecule has 0 unspecified atom stereocenters. The van der Waals surface area contributed by atoms with Gasteiger partial charge in [0.25, 0.3) is 0 Å². The van der Waals surface area contributed by atoms with Crippen molar-refractivity contribution in [3.8, 4) is 0 Å². The van der Waals surface area contributed by atoms with Gasteiger partial charge in [-0.05, 0) is 18.4 Å². The molecule has 0 spiro atoms. The number of carboxylic acids is 1. The molecule has 5 heteroatoms. The first-order valence-corrected chi connectivity index (χ1v) is 5.26. The van der Waals surface area contributed by atoms with Crippen molar-refractivity contribution in [2.24, 2.45) is 5.16 Å². The Hall–Kier alpha value is -1.91. The van der Waals surface area contributed by atoms with E-state index in [0.29, 0.717) is 6.42 Å². The molecule has 0 bridgehead atoms. The maximum atomic E-state index is 12.1. The summed E-state index contributed by atoms with van der Waals surface area (Å²) in [6.07, 6.45) is 1.51. The molecule has 1 N–H and O–H groups in total. The predicted octanol–water partition coefficient (Wildman–Crippen LogP) is 2.05. The summed E-state index contributed by atoms with van der Waals surface area (Å²) in [6.45, 7) is -0.861. The molecule has 0 amide bonds. The Labute approximate surface area is 98.7 Å². The molecule has 0 aliphatic carbocycles. The van der Waals surface area contributed by atoms with Gasteiger partial charge in [-0.3, -0.25) is 0 Å². The van der Waals surface area contributed by atoms with Gasteiger partial charge in [-0.1, -0.05) is 35.5 Å². The van der Waals surface area contributed by atoms with Gasteiger partial charge >= 0.3 is 5.97 Å². The van der Waals surface area contributed by atoms with Crippen molar-refractivity contribution < 1.29 is 19.1 Å². The van der Waals surface area contributed by atoms with Gasteiger partial charge in [-0.25, -0.2) is 9.18 Å². The second kappa shape index (κ2) is 7.38. The van der Waals surface area contributed by atoms with Crippen molar-refractivity contribution in [3.63, 3.8) is 0 Å². The lowest BCUT2D eigenvalue weighted by molar-refractivity contribution is -0.129. The number of aryl methyl sites for hydroxylation is 1. The Kier molecular flexibility index (Phi) is 5.71. The van der Waals surface area contributed by atoms with Gasteiger partial charge in [-0.2, -0.15) is 0 Å². The number of benzene rings is 1. The summed E-state index contributed by atoms with van der Waals surface area (Å²) >= 11 is 0. The average molecular weight is 239 g/mol. The van der Waals surface area contributed by atoms with E-state index in [9.17, 15) is 9.18 Å². The molecule has 4 nitrogen and oxygen atoms in total. The van der Waals surface area contributed by atoms with E-state index in [1.165, 1.54) is 5.56 Å². The fourth-order valence-electron chi connectivity index (χ4n) is 1.23. The summed E-state index contributed by atoms with van der Waals surface area (Å²) in [5.74, 6) is -1.39. The minimum atomic E-state index is -1.39. The normalized spacial score (nSPS) is 11.2. The Balaban J connectivity index is 2.23. The first-order chi connectivity index (χ1) is 8.24. The Morgan fingerprint density at radius 1 is 1.35 bits per heavy atom. The summed E-state index contributed by atoms with van der Waals surface area (Å²) in [5.41, 5.74) is 0.564. The lowest BCUT2D eigenvalue weighted by Gasteiger charge is -2.01. The van der Waals surface area contributed by atoms with E-state index in [-0.39, 0.29) is 6.61 Å². The van der Waals surface area contributed by atoms with Gasteiger partial charge in [0.15, 0.2) is 5.71 Å². The van der Waals surface area contributed by atoms with E-state index >= 15 is 0 Å². The first-order valence-electron chi connectivity index (χ1n) is 5.26. The monoisotopic (exact) mass is 239 g/mol. The SMILES string of the molecule is O=C(O)/C(CF)=N/OCCCc1ccccc1. The molecular weight excluding hydrogens is 225 g/mol. The van der Waals surface area contributed by atoms with E-state index in [2.05, 4.69) is 5.16 Å². The molecule has 0 atom stereocenters. The third-order valence-electron chi connectivity index (χ3n) is 2.09. The van der Waals surface area contributed by atoms with Crippen molar-refractivity contribution in [3.05, 3.63) is 35.9 Å². The van der Waals surface area contributed by atoms with Gasteiger partial charge < -0.3 is 9.94 Å². The zero-order valence-corrected chi connectivity index (χ0v) is 9.30. The molecule has 0 aliphatic heterocycles. The van der Waals surface area contributed by atoms with Crippen molar-refractivity contribution in [2.75, 3.05) is 13.3 Å². The quantitative estimate of drug-likeness (QED) is 0.450. The summed E-state index contributed by atoms with van der Waals surface area (Å²) in [4.78, 5) is 15.1. The number of carboxylic acid groups (broad SMARTS) is 1. The number of alkyl halides is 1. The van der Waals surface area contributed by atoms with E-state index in [0.717, 1.165) is 6.42 Å². The largest absolute Gasteiger partial charge is 0.477 e. The number of hydrogen-bond donors (Lipinski definition) is 1. The van der Waals surface area contributed by atoms with Crippen LogP contribution in [0.5, 0.6) is 0 Å². The van der Waals surface area contributed by atoms with Crippen LogP contribution in [0.2, 0.25) is 0 Å². The standard InChI is InChI=1S/C12H14FNO3/c13-9-11(12(15)16)14-17-8-4-7-10-5-2-1-3-6-10/h1-3,5-6H,4,7-9H2,(H,15,16)/b14-11+. The van der Waals surface area contributed by atoms with E-state index in [4.69, 9.17) is 9.94 Å². The van der Waals surface area contributed by atoms with Crippen LogP contribution in [0.25, 0.3) is 0 Å². The smallest absolute Gasteiger partial charge is 0.356 e. The highest BCUT2D eigenvalue weighted by Crippen LogP contribution is 2.02. The van der Waals surface area contributed by atoms with Crippen LogP contribution in [-0.2, 0) is 16.1 Å². The number of hydrogen-bond acceptors (Lipinski definition) is 3. The fraction of sp³-hybridized carbons (Fsp3) is 0.333. The van der Waals surface area contributed by atoms with Crippen LogP contribution in [-0.4, -0.2) is 30.1 Å². The molecule has 1 aromatic rings. The number of oxime groups is 1. The average Bonchev–Trinajstić information content (AvgIpc) is 2.34. The maximum Gasteiger partial charge on any atom is 0.356 e. The molecule has 0 aliphatic rings. The minimum absolute atomic E-state index is 0.270. The van der Waals surface area contributed by atoms with Gasteiger partial charge in [-0.15, -0.1) is 0 Å². The zero-order chi connectivity index (χ0) is 12.5. The number of carbonyl (C=O) groups is 1. The molecule has 1 rings (SSSR count). The molecule has 0 aromatic heterocycles. The second-order valence-corrected chi connectivity index (χ2v) is 3.40. The second-order valence-electron chi connectivity index (χ2n) is 3.40. The van der Waals surface area contributed by atoms with Crippen LogP contribution < -0.4 is 0 Å². The van der Waals surface area contributed by atoms with Crippen molar-refractivity contribution in [1.29, 1.82) is 0 Å². The molecule has 92 valence electrons. The van der Waals surface area contributed by atoms with E-state index in [1.807, 2.05) is 30.3 Å². The first kappa shape index (κ1) is 13.2. The fourth-order valence-corrected chi connectivity index (χ4v) is 1.23. The lowest BCUT2D eigenvalue weighted by Crippen LogP contribution is -2.15. The van der Waals surface area contributed by atoms with Crippen molar-refractivity contribution in [2.45, 2.75) is 12.8 Å². The molecule has 1 aromatic carbocycles. The lowest BCUT2D eigenvalue weighted by atomic mass is 10.1.